The van der Waals surface area contributed by atoms with E-state index in [1.807, 2.05) is 13.1 Å². The monoisotopic (exact) mass is 546 g/mol. The fourth-order valence-corrected chi connectivity index (χ4v) is 5.34. The molecule has 3 heterocycles. The molecule has 7 nitrogen and oxygen atoms in total. The summed E-state index contributed by atoms with van der Waals surface area (Å²) >= 11 is 6.34. The third-order valence-corrected chi connectivity index (χ3v) is 7.65. The van der Waals surface area contributed by atoms with Crippen molar-refractivity contribution in [2.75, 3.05) is 38.5 Å². The molecule has 0 spiro atoms. The Morgan fingerprint density at radius 3 is 2.74 bits per heavy atom. The van der Waals surface area contributed by atoms with Gasteiger partial charge in [-0.2, -0.15) is 5.10 Å². The molecule has 1 atom stereocenters. The molecule has 4 aromatic rings. The normalized spacial score (nSPS) is 18.9. The highest BCUT2D eigenvalue weighted by Crippen LogP contribution is 2.50. The summed E-state index contributed by atoms with van der Waals surface area (Å²) in [7, 11) is 2.04. The van der Waals surface area contributed by atoms with Crippen LogP contribution >= 0.6 is 11.6 Å². The molecule has 198 valence electrons. The van der Waals surface area contributed by atoms with Crippen molar-refractivity contribution in [1.29, 1.82) is 0 Å². The van der Waals surface area contributed by atoms with Gasteiger partial charge in [0.05, 0.1) is 11.2 Å². The molecule has 1 fully saturated rings. The number of likely N-dealkylation sites (N-methyl/N-ethyl adjacent to an activating group) is 1. The number of hydrogen-bond donors (Lipinski definition) is 1. The second kappa shape index (κ2) is 10.0. The van der Waals surface area contributed by atoms with Crippen LogP contribution in [0.15, 0.2) is 60.9 Å². The molecular weight excluding hydrogens is 522 g/mol. The number of rotatable bonds is 3. The molecule has 1 N–H and O–H groups in total. The van der Waals surface area contributed by atoms with Gasteiger partial charge in [-0.25, -0.2) is 18.3 Å². The smallest absolute Gasteiger partial charge is 0.275 e. The molecule has 1 amide bonds. The van der Waals surface area contributed by atoms with E-state index in [1.165, 1.54) is 6.07 Å². The summed E-state index contributed by atoms with van der Waals surface area (Å²) in [6.07, 6.45) is 3.00. The molecular formula is C29H25ClF2N6O. The van der Waals surface area contributed by atoms with Crippen molar-refractivity contribution >= 4 is 28.8 Å². The standard InChI is InChI=1S/C29H25ClF2N6O/c1-36-11-13-37(14-12-36)26-17-29(31,32)24-16-21(6-8-23(24)26)35-28(39)20-5-9-25(30)19(15-20)4-7-22-18-33-27-3-2-10-34-38(22)27/h2-3,5-6,8-10,15-16,18,26H,11-14,17H2,1H3,(H,35,39)/t26-/m0/s1. The zero-order valence-electron chi connectivity index (χ0n) is 21.2. The van der Waals surface area contributed by atoms with Gasteiger partial charge in [-0.1, -0.05) is 23.6 Å². The van der Waals surface area contributed by atoms with Gasteiger partial charge in [0.1, 0.15) is 5.69 Å². The largest absolute Gasteiger partial charge is 0.322 e. The fourth-order valence-electron chi connectivity index (χ4n) is 5.17. The molecule has 39 heavy (non-hydrogen) atoms. The number of anilines is 1. The summed E-state index contributed by atoms with van der Waals surface area (Å²) in [6, 6.07) is 12.8. The van der Waals surface area contributed by atoms with Crippen molar-refractivity contribution in [3.05, 3.63) is 93.9 Å². The minimum atomic E-state index is -2.96. The molecule has 2 aromatic carbocycles. The zero-order valence-corrected chi connectivity index (χ0v) is 21.9. The molecule has 6 rings (SSSR count). The van der Waals surface area contributed by atoms with Gasteiger partial charge in [-0.3, -0.25) is 9.69 Å². The quantitative estimate of drug-likeness (QED) is 0.373. The molecule has 1 saturated heterocycles. The minimum absolute atomic E-state index is 0.0199. The number of nitrogens with one attached hydrogen (secondary N) is 1. The van der Waals surface area contributed by atoms with Gasteiger partial charge in [-0.15, -0.1) is 0 Å². The first-order chi connectivity index (χ1) is 18.8. The summed E-state index contributed by atoms with van der Waals surface area (Å²) in [5.74, 6) is 2.57. The molecule has 0 saturated carbocycles. The Balaban J connectivity index is 1.22. The van der Waals surface area contributed by atoms with Crippen LogP contribution in [0.25, 0.3) is 5.65 Å². The number of hydrogen-bond acceptors (Lipinski definition) is 5. The van der Waals surface area contributed by atoms with Crippen LogP contribution in [0.3, 0.4) is 0 Å². The molecule has 0 bridgehead atoms. The third kappa shape index (κ3) is 4.99. The molecule has 0 radical (unpaired) electrons. The Hall–Kier alpha value is -3.84. The van der Waals surface area contributed by atoms with Gasteiger partial charge < -0.3 is 10.2 Å². The van der Waals surface area contributed by atoms with E-state index < -0.39 is 11.8 Å². The Kier molecular flexibility index (Phi) is 6.55. The highest BCUT2D eigenvalue weighted by molar-refractivity contribution is 6.32. The Labute approximate surface area is 229 Å². The van der Waals surface area contributed by atoms with Gasteiger partial charge in [0.15, 0.2) is 5.65 Å². The maximum atomic E-state index is 15.1. The average molecular weight is 547 g/mol. The molecule has 0 unspecified atom stereocenters. The van der Waals surface area contributed by atoms with Crippen molar-refractivity contribution in [2.45, 2.75) is 18.4 Å². The summed E-state index contributed by atoms with van der Waals surface area (Å²) in [5, 5.41) is 7.37. The molecule has 1 aliphatic carbocycles. The Morgan fingerprint density at radius 2 is 1.92 bits per heavy atom. The zero-order chi connectivity index (χ0) is 27.1. The maximum absolute atomic E-state index is 15.1. The number of carbonyl (C=O) groups excluding carboxylic acids is 1. The molecule has 2 aliphatic rings. The first kappa shape index (κ1) is 25.4. The van der Waals surface area contributed by atoms with E-state index in [9.17, 15) is 4.79 Å². The van der Waals surface area contributed by atoms with E-state index in [-0.39, 0.29) is 18.0 Å². The lowest BCUT2D eigenvalue weighted by atomic mass is 10.0. The number of fused-ring (bicyclic) bond motifs is 2. The number of aromatic nitrogens is 3. The first-order valence-electron chi connectivity index (χ1n) is 12.6. The van der Waals surface area contributed by atoms with Gasteiger partial charge >= 0.3 is 0 Å². The van der Waals surface area contributed by atoms with E-state index in [1.54, 1.807) is 53.3 Å². The van der Waals surface area contributed by atoms with Crippen LogP contribution in [-0.4, -0.2) is 63.5 Å². The van der Waals surface area contributed by atoms with Crippen molar-refractivity contribution in [2.24, 2.45) is 0 Å². The van der Waals surface area contributed by atoms with E-state index in [0.29, 0.717) is 38.7 Å². The van der Waals surface area contributed by atoms with E-state index in [2.05, 4.69) is 37.0 Å². The van der Waals surface area contributed by atoms with Crippen LogP contribution < -0.4 is 5.32 Å². The number of alkyl halides is 2. The highest BCUT2D eigenvalue weighted by Gasteiger charge is 2.47. The van der Waals surface area contributed by atoms with Crippen molar-refractivity contribution < 1.29 is 13.6 Å². The number of nitrogens with zero attached hydrogens (tertiary/aromatic N) is 5. The topological polar surface area (TPSA) is 65.8 Å². The number of imidazole rings is 1. The Bertz CT molecular complexity index is 1630. The van der Waals surface area contributed by atoms with Crippen molar-refractivity contribution in [3.8, 4) is 11.8 Å². The lowest BCUT2D eigenvalue weighted by Crippen LogP contribution is -2.45. The molecule has 10 heteroatoms. The number of amides is 1. The van der Waals surface area contributed by atoms with Gasteiger partial charge in [0.2, 0.25) is 0 Å². The Morgan fingerprint density at radius 1 is 1.10 bits per heavy atom. The average Bonchev–Trinajstić information content (AvgIpc) is 3.46. The lowest BCUT2D eigenvalue weighted by molar-refractivity contribution is -0.0257. The van der Waals surface area contributed by atoms with Crippen LogP contribution in [-0.2, 0) is 5.92 Å². The van der Waals surface area contributed by atoms with E-state index in [0.717, 1.165) is 26.2 Å². The number of piperazine rings is 1. The number of benzene rings is 2. The third-order valence-electron chi connectivity index (χ3n) is 7.32. The van der Waals surface area contributed by atoms with Crippen LogP contribution in [0.5, 0.6) is 0 Å². The van der Waals surface area contributed by atoms with Crippen molar-refractivity contribution in [1.82, 2.24) is 24.4 Å². The second-order valence-corrected chi connectivity index (χ2v) is 10.3. The summed E-state index contributed by atoms with van der Waals surface area (Å²) < 4.78 is 31.7. The van der Waals surface area contributed by atoms with E-state index in [4.69, 9.17) is 11.6 Å². The molecule has 2 aromatic heterocycles. The van der Waals surface area contributed by atoms with Crippen molar-refractivity contribution in [3.63, 3.8) is 0 Å². The SMILES string of the molecule is CN1CCN([C@H]2CC(F)(F)c3cc(NC(=O)c4ccc(Cl)c(C#Cc5cnc6cccnn56)c4)ccc32)CC1. The van der Waals surface area contributed by atoms with Crippen LogP contribution in [0.1, 0.15) is 45.2 Å². The van der Waals surface area contributed by atoms with Crippen LogP contribution in [0, 0.1) is 11.8 Å². The number of carbonyl (C=O) groups is 1. The van der Waals surface area contributed by atoms with Crippen LogP contribution in [0.4, 0.5) is 14.5 Å². The summed E-state index contributed by atoms with van der Waals surface area (Å²) in [4.78, 5) is 21.7. The second-order valence-electron chi connectivity index (χ2n) is 9.90. The van der Waals surface area contributed by atoms with E-state index >= 15 is 8.78 Å². The predicted octanol–water partition coefficient (Wildman–Crippen LogP) is 4.82. The molecule has 1 aliphatic heterocycles. The van der Waals surface area contributed by atoms with Gasteiger partial charge in [0.25, 0.3) is 11.8 Å². The maximum Gasteiger partial charge on any atom is 0.275 e. The van der Waals surface area contributed by atoms with Crippen LogP contribution in [0.2, 0.25) is 5.02 Å². The minimum Gasteiger partial charge on any atom is -0.322 e. The number of halogens is 3. The van der Waals surface area contributed by atoms with Gasteiger partial charge in [-0.05, 0) is 61.0 Å². The predicted molar refractivity (Wildman–Crippen MR) is 145 cm³/mol. The highest BCUT2D eigenvalue weighted by atomic mass is 35.5. The first-order valence-corrected chi connectivity index (χ1v) is 13.0. The summed E-state index contributed by atoms with van der Waals surface area (Å²) in [6.45, 7) is 3.22. The lowest BCUT2D eigenvalue weighted by Gasteiger charge is -2.36. The summed E-state index contributed by atoms with van der Waals surface area (Å²) in [5.41, 5.74) is 2.92. The van der Waals surface area contributed by atoms with Gasteiger partial charge in [0, 0.05) is 67.2 Å². The fraction of sp³-hybridized carbons (Fsp3) is 0.276.